The number of nitrogen functional groups attached to an aromatic ring is 1. The average molecular weight is 257 g/mol. The highest BCUT2D eigenvalue weighted by Crippen LogP contribution is 2.28. The summed E-state index contributed by atoms with van der Waals surface area (Å²) in [5.41, 5.74) is 9.27. The summed E-state index contributed by atoms with van der Waals surface area (Å²) >= 11 is 0. The number of methoxy groups -OCH3 is 1. The van der Waals surface area contributed by atoms with E-state index >= 15 is 0 Å². The molecule has 0 aliphatic rings. The summed E-state index contributed by atoms with van der Waals surface area (Å²) in [6.07, 6.45) is 0.324. The molecule has 0 aliphatic heterocycles. The van der Waals surface area contributed by atoms with Crippen LogP contribution in [0, 0.1) is 0 Å². The van der Waals surface area contributed by atoms with E-state index in [1.165, 1.54) is 5.56 Å². The second-order valence-corrected chi connectivity index (χ2v) is 4.50. The Morgan fingerprint density at radius 1 is 1.11 bits per heavy atom. The Kier molecular flexibility index (Phi) is 4.07. The molecule has 0 unspecified atom stereocenters. The van der Waals surface area contributed by atoms with Gasteiger partial charge in [-0.1, -0.05) is 37.3 Å². The summed E-state index contributed by atoms with van der Waals surface area (Å²) in [6.45, 7) is 2.11. The van der Waals surface area contributed by atoms with Crippen molar-refractivity contribution in [1.29, 1.82) is 0 Å². The van der Waals surface area contributed by atoms with Gasteiger partial charge >= 0.3 is 0 Å². The number of aryl methyl sites for hydroxylation is 1. The third kappa shape index (κ3) is 2.88. The predicted octanol–water partition coefficient (Wildman–Crippen LogP) is 2.92. The summed E-state index contributed by atoms with van der Waals surface area (Å²) in [6, 6.07) is 13.3. The largest absolute Gasteiger partial charge is 0.495 e. The highest BCUT2D eigenvalue weighted by Gasteiger charge is 2.12. The highest BCUT2D eigenvalue weighted by molar-refractivity contribution is 5.55. The molecular weight excluding hydrogens is 238 g/mol. The lowest BCUT2D eigenvalue weighted by Gasteiger charge is -2.14. The molecule has 2 aromatic rings. The molecule has 0 spiro atoms. The summed E-state index contributed by atoms with van der Waals surface area (Å²) in [5.74, 6) is 0.622. The topological polar surface area (TPSA) is 55.5 Å². The summed E-state index contributed by atoms with van der Waals surface area (Å²) in [5, 5.41) is 10.3. The maximum absolute atomic E-state index is 10.3. The summed E-state index contributed by atoms with van der Waals surface area (Å²) in [4.78, 5) is 0. The van der Waals surface area contributed by atoms with Crippen molar-refractivity contribution in [3.8, 4) is 5.75 Å². The van der Waals surface area contributed by atoms with Crippen LogP contribution in [0.3, 0.4) is 0 Å². The fourth-order valence-corrected chi connectivity index (χ4v) is 2.05. The van der Waals surface area contributed by atoms with Crippen molar-refractivity contribution in [2.75, 3.05) is 12.8 Å². The molecule has 3 N–H and O–H groups in total. The van der Waals surface area contributed by atoms with E-state index in [1.54, 1.807) is 19.2 Å². The zero-order chi connectivity index (χ0) is 13.8. The van der Waals surface area contributed by atoms with Crippen molar-refractivity contribution in [2.45, 2.75) is 19.4 Å². The van der Waals surface area contributed by atoms with Gasteiger partial charge in [0.25, 0.3) is 0 Å². The van der Waals surface area contributed by atoms with E-state index in [0.29, 0.717) is 11.4 Å². The van der Waals surface area contributed by atoms with Crippen LogP contribution in [0.1, 0.15) is 29.7 Å². The Bertz CT molecular complexity index is 549. The van der Waals surface area contributed by atoms with Gasteiger partial charge in [0.15, 0.2) is 0 Å². The van der Waals surface area contributed by atoms with Crippen LogP contribution in [0.4, 0.5) is 5.69 Å². The number of nitrogens with two attached hydrogens (primary N) is 1. The van der Waals surface area contributed by atoms with Gasteiger partial charge in [0.1, 0.15) is 11.9 Å². The van der Waals surface area contributed by atoms with Crippen LogP contribution in [0.5, 0.6) is 5.75 Å². The van der Waals surface area contributed by atoms with E-state index in [1.807, 2.05) is 30.3 Å². The molecule has 3 heteroatoms. The first kappa shape index (κ1) is 13.4. The molecule has 2 rings (SSSR count). The number of ether oxygens (including phenoxy) is 1. The molecule has 0 heterocycles. The minimum Gasteiger partial charge on any atom is -0.495 e. The number of benzene rings is 2. The maximum atomic E-state index is 10.3. The van der Waals surface area contributed by atoms with Crippen LogP contribution in [-0.2, 0) is 6.42 Å². The Morgan fingerprint density at radius 2 is 1.74 bits per heavy atom. The van der Waals surface area contributed by atoms with Gasteiger partial charge in [-0.15, -0.1) is 0 Å². The van der Waals surface area contributed by atoms with Gasteiger partial charge < -0.3 is 15.6 Å². The van der Waals surface area contributed by atoms with Crippen molar-refractivity contribution in [3.63, 3.8) is 0 Å². The fraction of sp³-hybridized carbons (Fsp3) is 0.250. The molecule has 0 saturated carbocycles. The number of aliphatic hydroxyl groups excluding tert-OH is 1. The minimum absolute atomic E-state index is 0.532. The second kappa shape index (κ2) is 5.76. The van der Waals surface area contributed by atoms with E-state index in [2.05, 4.69) is 6.92 Å². The van der Waals surface area contributed by atoms with E-state index < -0.39 is 6.10 Å². The molecule has 0 radical (unpaired) electrons. The first-order valence-electron chi connectivity index (χ1n) is 6.36. The van der Waals surface area contributed by atoms with Crippen LogP contribution in [0.25, 0.3) is 0 Å². The first-order chi connectivity index (χ1) is 9.15. The SMILES string of the molecule is CCc1ccc([C@@H](O)c2ccc(OC)c(N)c2)cc1. The molecule has 3 nitrogen and oxygen atoms in total. The molecule has 19 heavy (non-hydrogen) atoms. The minimum atomic E-state index is -0.667. The summed E-state index contributed by atoms with van der Waals surface area (Å²) in [7, 11) is 1.57. The maximum Gasteiger partial charge on any atom is 0.141 e. The Morgan fingerprint density at radius 3 is 2.26 bits per heavy atom. The fourth-order valence-electron chi connectivity index (χ4n) is 2.05. The van der Waals surface area contributed by atoms with Gasteiger partial charge in [-0.2, -0.15) is 0 Å². The molecule has 0 fully saturated rings. The Hall–Kier alpha value is -2.00. The third-order valence-electron chi connectivity index (χ3n) is 3.27. The molecule has 0 saturated heterocycles. The monoisotopic (exact) mass is 257 g/mol. The smallest absolute Gasteiger partial charge is 0.141 e. The van der Waals surface area contributed by atoms with Crippen LogP contribution in [0.2, 0.25) is 0 Å². The lowest BCUT2D eigenvalue weighted by atomic mass is 9.99. The van der Waals surface area contributed by atoms with Crippen LogP contribution >= 0.6 is 0 Å². The van der Waals surface area contributed by atoms with Gasteiger partial charge in [0.2, 0.25) is 0 Å². The first-order valence-corrected chi connectivity index (χ1v) is 6.36. The van der Waals surface area contributed by atoms with Gasteiger partial charge in [-0.05, 0) is 35.2 Å². The van der Waals surface area contributed by atoms with E-state index in [-0.39, 0.29) is 0 Å². The molecule has 0 aliphatic carbocycles. The zero-order valence-electron chi connectivity index (χ0n) is 11.3. The van der Waals surface area contributed by atoms with Crippen molar-refractivity contribution in [3.05, 3.63) is 59.2 Å². The normalized spacial score (nSPS) is 12.2. The lowest BCUT2D eigenvalue weighted by Crippen LogP contribution is -2.02. The van der Waals surface area contributed by atoms with Crippen molar-refractivity contribution in [2.24, 2.45) is 0 Å². The van der Waals surface area contributed by atoms with Crippen LogP contribution < -0.4 is 10.5 Å². The molecule has 100 valence electrons. The lowest BCUT2D eigenvalue weighted by molar-refractivity contribution is 0.220. The predicted molar refractivity (Wildman–Crippen MR) is 77.3 cm³/mol. The second-order valence-electron chi connectivity index (χ2n) is 4.50. The molecule has 0 aromatic heterocycles. The molecule has 2 aromatic carbocycles. The summed E-state index contributed by atoms with van der Waals surface area (Å²) < 4.78 is 5.11. The molecule has 0 amide bonds. The van der Waals surface area contributed by atoms with Crippen molar-refractivity contribution >= 4 is 5.69 Å². The van der Waals surface area contributed by atoms with Crippen molar-refractivity contribution < 1.29 is 9.84 Å². The highest BCUT2D eigenvalue weighted by atomic mass is 16.5. The van der Waals surface area contributed by atoms with Gasteiger partial charge in [-0.3, -0.25) is 0 Å². The number of rotatable bonds is 4. The van der Waals surface area contributed by atoms with E-state index in [9.17, 15) is 5.11 Å². The number of aliphatic hydroxyl groups is 1. The number of anilines is 1. The van der Waals surface area contributed by atoms with Crippen LogP contribution in [0.15, 0.2) is 42.5 Å². The van der Waals surface area contributed by atoms with E-state index in [4.69, 9.17) is 10.5 Å². The third-order valence-corrected chi connectivity index (χ3v) is 3.27. The van der Waals surface area contributed by atoms with Gasteiger partial charge in [0.05, 0.1) is 12.8 Å². The van der Waals surface area contributed by atoms with Gasteiger partial charge in [0, 0.05) is 0 Å². The number of hydrogen-bond acceptors (Lipinski definition) is 3. The average Bonchev–Trinajstić information content (AvgIpc) is 2.46. The number of hydrogen-bond donors (Lipinski definition) is 2. The van der Waals surface area contributed by atoms with Crippen LogP contribution in [-0.4, -0.2) is 12.2 Å². The molecular formula is C16H19NO2. The van der Waals surface area contributed by atoms with E-state index in [0.717, 1.165) is 17.5 Å². The van der Waals surface area contributed by atoms with Gasteiger partial charge in [-0.25, -0.2) is 0 Å². The standard InChI is InChI=1S/C16H19NO2/c1-3-11-4-6-12(7-5-11)16(18)13-8-9-15(19-2)14(17)10-13/h4-10,16,18H,3,17H2,1-2H3/t16-/m1/s1. The Balaban J connectivity index is 2.27. The zero-order valence-corrected chi connectivity index (χ0v) is 11.3. The van der Waals surface area contributed by atoms with Crippen molar-refractivity contribution in [1.82, 2.24) is 0 Å². The molecule has 0 bridgehead atoms. The quantitative estimate of drug-likeness (QED) is 0.828. The Labute approximate surface area is 113 Å². The molecule has 1 atom stereocenters.